The number of hydrogen-bond acceptors (Lipinski definition) is 4. The van der Waals surface area contributed by atoms with Gasteiger partial charge in [-0.2, -0.15) is 0 Å². The maximum atomic E-state index is 12.3. The van der Waals surface area contributed by atoms with E-state index in [0.29, 0.717) is 28.1 Å². The summed E-state index contributed by atoms with van der Waals surface area (Å²) in [5, 5.41) is 2.84. The molecule has 0 radical (unpaired) electrons. The van der Waals surface area contributed by atoms with Crippen LogP contribution in [0.25, 0.3) is 11.0 Å². The number of nitrogens with zero attached hydrogens (tertiary/aromatic N) is 2. The fourth-order valence-electron chi connectivity index (χ4n) is 1.66. The van der Waals surface area contributed by atoms with Gasteiger partial charge in [-0.05, 0) is 12.1 Å². The Morgan fingerprint density at radius 1 is 1.35 bits per heavy atom. The molecule has 0 saturated heterocycles. The average molecular weight is 288 g/mol. The number of hydrogen-bond donors (Lipinski definition) is 2. The van der Waals surface area contributed by atoms with Crippen molar-refractivity contribution in [3.05, 3.63) is 36.2 Å². The van der Waals surface area contributed by atoms with Crippen molar-refractivity contribution in [2.24, 2.45) is 11.1 Å². The second-order valence-corrected chi connectivity index (χ2v) is 5.60. The van der Waals surface area contributed by atoms with Crippen LogP contribution in [0, 0.1) is 5.41 Å². The van der Waals surface area contributed by atoms with E-state index in [1.54, 1.807) is 24.5 Å². The highest BCUT2D eigenvalue weighted by Gasteiger charge is 2.23. The molecule has 0 saturated carbocycles. The van der Waals surface area contributed by atoms with Gasteiger partial charge < -0.3 is 11.1 Å². The van der Waals surface area contributed by atoms with Crippen LogP contribution in [0.1, 0.15) is 24.2 Å². The van der Waals surface area contributed by atoms with Crippen molar-refractivity contribution in [1.29, 1.82) is 0 Å². The Labute approximate surface area is 122 Å². The summed E-state index contributed by atoms with van der Waals surface area (Å²) in [5.41, 5.74) is 6.98. The molecule has 1 amide bonds. The number of para-hydroxylation sites is 1. The van der Waals surface area contributed by atoms with Crippen LogP contribution in [-0.4, -0.2) is 27.4 Å². The van der Waals surface area contributed by atoms with Gasteiger partial charge in [-0.15, -0.1) is 0 Å². The van der Waals surface area contributed by atoms with Crippen LogP contribution in [0.2, 0.25) is 0 Å². The third-order valence-corrected chi connectivity index (χ3v) is 3.65. The van der Waals surface area contributed by atoms with E-state index in [-0.39, 0.29) is 5.91 Å². The van der Waals surface area contributed by atoms with Crippen LogP contribution in [0.3, 0.4) is 0 Å². The van der Waals surface area contributed by atoms with Crippen LogP contribution in [0.5, 0.6) is 0 Å². The Balaban J connectivity index is 2.22. The molecular weight excluding hydrogens is 272 g/mol. The Morgan fingerprint density at radius 3 is 2.75 bits per heavy atom. The molecule has 0 spiro atoms. The van der Waals surface area contributed by atoms with Gasteiger partial charge in [0.2, 0.25) is 0 Å². The smallest absolute Gasteiger partial charge is 0.253 e. The number of benzene rings is 1. The monoisotopic (exact) mass is 288 g/mol. The first-order chi connectivity index (χ1) is 9.42. The molecule has 0 unspecified atom stereocenters. The Kier molecular flexibility index (Phi) is 3.94. The number of amides is 1. The molecule has 1 aromatic heterocycles. The Bertz CT molecular complexity index is 664. The fourth-order valence-corrected chi connectivity index (χ4v) is 1.73. The second kappa shape index (κ2) is 5.50. The molecule has 3 N–H and O–H groups in total. The van der Waals surface area contributed by atoms with Crippen molar-refractivity contribution in [1.82, 2.24) is 15.3 Å². The molecule has 0 aliphatic carbocycles. The average Bonchev–Trinajstić information content (AvgIpc) is 2.44. The molecule has 0 atom stereocenters. The molecule has 2 rings (SSSR count). The van der Waals surface area contributed by atoms with Crippen LogP contribution >= 0.6 is 12.2 Å². The van der Waals surface area contributed by atoms with E-state index in [4.69, 9.17) is 18.0 Å². The minimum Gasteiger partial charge on any atom is -0.393 e. The molecule has 0 aliphatic rings. The summed E-state index contributed by atoms with van der Waals surface area (Å²) >= 11 is 4.98. The highest BCUT2D eigenvalue weighted by molar-refractivity contribution is 7.80. The van der Waals surface area contributed by atoms with Crippen molar-refractivity contribution in [2.45, 2.75) is 13.8 Å². The first-order valence-corrected chi connectivity index (χ1v) is 6.60. The summed E-state index contributed by atoms with van der Waals surface area (Å²) in [6.07, 6.45) is 3.16. The first kappa shape index (κ1) is 14.3. The lowest BCUT2D eigenvalue weighted by Gasteiger charge is -2.23. The number of carbonyl (C=O) groups excluding carboxylic acids is 1. The molecule has 104 valence electrons. The highest BCUT2D eigenvalue weighted by atomic mass is 32.1. The Hall–Kier alpha value is -2.08. The van der Waals surface area contributed by atoms with Crippen molar-refractivity contribution >= 4 is 34.1 Å². The summed E-state index contributed by atoms with van der Waals surface area (Å²) in [4.78, 5) is 21.0. The van der Waals surface area contributed by atoms with Gasteiger partial charge in [0.05, 0.1) is 16.1 Å². The van der Waals surface area contributed by atoms with Crippen molar-refractivity contribution < 1.29 is 4.79 Å². The highest BCUT2D eigenvalue weighted by Crippen LogP contribution is 2.16. The molecular formula is C14H16N4OS. The normalized spacial score (nSPS) is 11.3. The van der Waals surface area contributed by atoms with Gasteiger partial charge in [0, 0.05) is 24.4 Å². The number of aromatic nitrogens is 2. The van der Waals surface area contributed by atoms with Gasteiger partial charge in [0.15, 0.2) is 0 Å². The molecule has 0 bridgehead atoms. The number of nitrogens with two attached hydrogens (primary N) is 1. The van der Waals surface area contributed by atoms with Crippen molar-refractivity contribution in [3.63, 3.8) is 0 Å². The first-order valence-electron chi connectivity index (χ1n) is 6.19. The lowest BCUT2D eigenvalue weighted by Crippen LogP contribution is -2.41. The molecule has 1 heterocycles. The number of carbonyl (C=O) groups is 1. The largest absolute Gasteiger partial charge is 0.393 e. The van der Waals surface area contributed by atoms with E-state index in [1.165, 1.54) is 0 Å². The number of fused-ring (bicyclic) bond motifs is 1. The molecule has 2 aromatic rings. The zero-order valence-corrected chi connectivity index (χ0v) is 12.2. The minimum atomic E-state index is -0.429. The molecule has 20 heavy (non-hydrogen) atoms. The van der Waals surface area contributed by atoms with Crippen LogP contribution in [-0.2, 0) is 0 Å². The third kappa shape index (κ3) is 2.91. The zero-order valence-electron chi connectivity index (χ0n) is 11.4. The molecule has 1 aromatic carbocycles. The quantitative estimate of drug-likeness (QED) is 0.836. The lowest BCUT2D eigenvalue weighted by atomic mass is 9.93. The maximum absolute atomic E-state index is 12.3. The number of thiocarbonyl (C=S) groups is 1. The summed E-state index contributed by atoms with van der Waals surface area (Å²) in [6.45, 7) is 4.15. The van der Waals surface area contributed by atoms with Gasteiger partial charge >= 0.3 is 0 Å². The SMILES string of the molecule is CC(C)(CNC(=O)c1cccc2nccnc12)C(N)=S. The fraction of sp³-hybridized carbons (Fsp3) is 0.286. The minimum absolute atomic E-state index is 0.208. The maximum Gasteiger partial charge on any atom is 0.253 e. The van der Waals surface area contributed by atoms with E-state index in [1.807, 2.05) is 19.9 Å². The predicted octanol–water partition coefficient (Wildman–Crippen LogP) is 1.67. The predicted molar refractivity (Wildman–Crippen MR) is 82.4 cm³/mol. The van der Waals surface area contributed by atoms with Gasteiger partial charge in [-0.25, -0.2) is 0 Å². The topological polar surface area (TPSA) is 80.9 Å². The summed E-state index contributed by atoms with van der Waals surface area (Å²) in [7, 11) is 0. The van der Waals surface area contributed by atoms with Crippen LogP contribution in [0.4, 0.5) is 0 Å². The lowest BCUT2D eigenvalue weighted by molar-refractivity contribution is 0.0946. The molecule has 0 aliphatic heterocycles. The molecule has 0 fully saturated rings. The third-order valence-electron chi connectivity index (χ3n) is 3.10. The summed E-state index contributed by atoms with van der Waals surface area (Å²) in [5.74, 6) is -0.208. The number of nitrogens with one attached hydrogen (secondary N) is 1. The van der Waals surface area contributed by atoms with Crippen LogP contribution in [0.15, 0.2) is 30.6 Å². The van der Waals surface area contributed by atoms with Crippen LogP contribution < -0.4 is 11.1 Å². The van der Waals surface area contributed by atoms with Gasteiger partial charge in [0.25, 0.3) is 5.91 Å². The molecule has 5 nitrogen and oxygen atoms in total. The van der Waals surface area contributed by atoms with E-state index < -0.39 is 5.41 Å². The van der Waals surface area contributed by atoms with Gasteiger partial charge in [-0.3, -0.25) is 14.8 Å². The van der Waals surface area contributed by atoms with Gasteiger partial charge in [-0.1, -0.05) is 32.1 Å². The van der Waals surface area contributed by atoms with E-state index in [0.717, 1.165) is 0 Å². The van der Waals surface area contributed by atoms with E-state index >= 15 is 0 Å². The van der Waals surface area contributed by atoms with Crippen molar-refractivity contribution in [3.8, 4) is 0 Å². The van der Waals surface area contributed by atoms with E-state index in [9.17, 15) is 4.79 Å². The summed E-state index contributed by atoms with van der Waals surface area (Å²) in [6, 6.07) is 5.32. The molecule has 6 heteroatoms. The second-order valence-electron chi connectivity index (χ2n) is 5.16. The van der Waals surface area contributed by atoms with E-state index in [2.05, 4.69) is 15.3 Å². The van der Waals surface area contributed by atoms with Crippen molar-refractivity contribution in [2.75, 3.05) is 6.54 Å². The Morgan fingerprint density at radius 2 is 2.05 bits per heavy atom. The summed E-state index contributed by atoms with van der Waals surface area (Å²) < 4.78 is 0. The number of rotatable bonds is 4. The van der Waals surface area contributed by atoms with Gasteiger partial charge in [0.1, 0.15) is 5.52 Å². The zero-order chi connectivity index (χ0) is 14.8. The standard InChI is InChI=1S/C14H16N4OS/c1-14(2,13(15)20)8-18-12(19)9-4-3-5-10-11(9)17-7-6-16-10/h3-7H,8H2,1-2H3,(H2,15,20)(H,18,19).